The molecule has 0 heterocycles. The lowest BCUT2D eigenvalue weighted by Gasteiger charge is -2.20. The minimum Gasteiger partial charge on any atom is -0.393 e. The van der Waals surface area contributed by atoms with E-state index in [0.717, 1.165) is 5.56 Å². The van der Waals surface area contributed by atoms with E-state index in [1.165, 1.54) is 12.1 Å². The number of thiocarbonyl (C=S) groups is 1. The number of rotatable bonds is 7. The summed E-state index contributed by atoms with van der Waals surface area (Å²) >= 11 is 4.79. The molecule has 1 rings (SSSR count). The van der Waals surface area contributed by atoms with Crippen LogP contribution in [0.4, 0.5) is 0 Å². The summed E-state index contributed by atoms with van der Waals surface area (Å²) in [5.74, 6) is -0.572. The van der Waals surface area contributed by atoms with E-state index in [0.29, 0.717) is 11.4 Å². The van der Waals surface area contributed by atoms with E-state index in [4.69, 9.17) is 23.7 Å². The lowest BCUT2D eigenvalue weighted by atomic mass is 9.93. The van der Waals surface area contributed by atoms with Crippen molar-refractivity contribution in [2.75, 3.05) is 6.54 Å². The van der Waals surface area contributed by atoms with E-state index in [9.17, 15) is 13.2 Å². The molecule has 1 aromatic carbocycles. The molecule has 0 fully saturated rings. The van der Waals surface area contributed by atoms with E-state index >= 15 is 0 Å². The number of nitrogens with one attached hydrogen (secondary N) is 1. The van der Waals surface area contributed by atoms with Crippen molar-refractivity contribution in [3.8, 4) is 0 Å². The molecule has 0 aliphatic carbocycles. The fraction of sp³-hybridized carbons (Fsp3) is 0.385. The first-order valence-corrected chi connectivity index (χ1v) is 8.10. The van der Waals surface area contributed by atoms with Crippen molar-refractivity contribution in [3.63, 3.8) is 0 Å². The van der Waals surface area contributed by atoms with Crippen LogP contribution in [-0.2, 0) is 21.2 Å². The first-order valence-electron chi connectivity index (χ1n) is 6.21. The highest BCUT2D eigenvalue weighted by Gasteiger charge is 2.27. The van der Waals surface area contributed by atoms with Gasteiger partial charge in [-0.1, -0.05) is 24.4 Å². The van der Waals surface area contributed by atoms with E-state index in [-0.39, 0.29) is 11.4 Å². The maximum atomic E-state index is 12.1. The lowest BCUT2D eigenvalue weighted by molar-refractivity contribution is -0.125. The molecule has 0 saturated carbocycles. The Morgan fingerprint density at radius 3 is 2.19 bits per heavy atom. The zero-order valence-electron chi connectivity index (χ0n) is 11.9. The second-order valence-corrected chi connectivity index (χ2v) is 7.65. The van der Waals surface area contributed by atoms with Crippen LogP contribution in [0, 0.1) is 5.41 Å². The second-order valence-electron chi connectivity index (χ2n) is 5.36. The number of sulfonamides is 1. The van der Waals surface area contributed by atoms with Gasteiger partial charge in [-0.25, -0.2) is 13.1 Å². The minimum atomic E-state index is -3.69. The number of carbonyl (C=O) groups excluding carboxylic acids is 1. The third-order valence-electron chi connectivity index (χ3n) is 2.98. The minimum absolute atomic E-state index is 0.0701. The Balaban J connectivity index is 2.84. The number of carbonyl (C=O) groups is 1. The Morgan fingerprint density at radius 2 is 1.76 bits per heavy atom. The Morgan fingerprint density at radius 1 is 1.24 bits per heavy atom. The topological polar surface area (TPSA) is 115 Å². The first kappa shape index (κ1) is 17.5. The van der Waals surface area contributed by atoms with Crippen LogP contribution in [0.2, 0.25) is 0 Å². The SMILES string of the molecule is CC(C)(CNS(=O)(=O)c1ccc(CC(N)=S)cc1)C(N)=O. The van der Waals surface area contributed by atoms with Crippen LogP contribution >= 0.6 is 12.2 Å². The van der Waals surface area contributed by atoms with Crippen LogP contribution in [0.25, 0.3) is 0 Å². The van der Waals surface area contributed by atoms with Crippen molar-refractivity contribution in [1.29, 1.82) is 0 Å². The molecule has 0 radical (unpaired) electrons. The smallest absolute Gasteiger partial charge is 0.240 e. The van der Waals surface area contributed by atoms with E-state index < -0.39 is 21.3 Å². The van der Waals surface area contributed by atoms with Crippen molar-refractivity contribution >= 4 is 33.1 Å². The van der Waals surface area contributed by atoms with Crippen LogP contribution in [-0.4, -0.2) is 25.9 Å². The molecule has 0 aromatic heterocycles. The third-order valence-corrected chi connectivity index (χ3v) is 4.54. The van der Waals surface area contributed by atoms with Gasteiger partial charge in [-0.05, 0) is 31.5 Å². The summed E-state index contributed by atoms with van der Waals surface area (Å²) in [6.45, 7) is 3.07. The highest BCUT2D eigenvalue weighted by Crippen LogP contribution is 2.15. The summed E-state index contributed by atoms with van der Waals surface area (Å²) < 4.78 is 26.6. The Labute approximate surface area is 129 Å². The van der Waals surface area contributed by atoms with E-state index in [2.05, 4.69) is 4.72 Å². The number of hydrogen-bond donors (Lipinski definition) is 3. The number of nitrogens with two attached hydrogens (primary N) is 2. The van der Waals surface area contributed by atoms with Gasteiger partial charge in [-0.15, -0.1) is 0 Å². The maximum absolute atomic E-state index is 12.1. The molecule has 6 nitrogen and oxygen atoms in total. The molecule has 1 aromatic rings. The molecule has 1 amide bonds. The highest BCUT2D eigenvalue weighted by atomic mass is 32.2. The van der Waals surface area contributed by atoms with Gasteiger partial charge in [0.2, 0.25) is 15.9 Å². The summed E-state index contributed by atoms with van der Waals surface area (Å²) in [7, 11) is -3.69. The molecule has 0 unspecified atom stereocenters. The molecule has 0 bridgehead atoms. The zero-order chi connectivity index (χ0) is 16.3. The van der Waals surface area contributed by atoms with E-state index in [1.807, 2.05) is 0 Å². The quantitative estimate of drug-likeness (QED) is 0.623. The number of primary amides is 1. The molecule has 8 heteroatoms. The summed E-state index contributed by atoms with van der Waals surface area (Å²) in [4.78, 5) is 11.6. The van der Waals surface area contributed by atoms with Gasteiger partial charge in [0.1, 0.15) is 0 Å². The Bertz CT molecular complexity index is 637. The van der Waals surface area contributed by atoms with Gasteiger partial charge in [-0.3, -0.25) is 4.79 Å². The van der Waals surface area contributed by atoms with E-state index in [1.54, 1.807) is 26.0 Å². The maximum Gasteiger partial charge on any atom is 0.240 e. The van der Waals surface area contributed by atoms with Crippen molar-refractivity contribution < 1.29 is 13.2 Å². The van der Waals surface area contributed by atoms with Gasteiger partial charge < -0.3 is 11.5 Å². The highest BCUT2D eigenvalue weighted by molar-refractivity contribution is 7.89. The van der Waals surface area contributed by atoms with Crippen LogP contribution in [0.15, 0.2) is 29.2 Å². The molecular weight excluding hydrogens is 310 g/mol. The molecule has 5 N–H and O–H groups in total. The molecular formula is C13H19N3O3S2. The average molecular weight is 329 g/mol. The molecule has 0 aliphatic rings. The molecule has 0 saturated heterocycles. The molecule has 0 atom stereocenters. The van der Waals surface area contributed by atoms with Crippen LogP contribution in [0.5, 0.6) is 0 Å². The van der Waals surface area contributed by atoms with Gasteiger partial charge >= 0.3 is 0 Å². The van der Waals surface area contributed by atoms with Crippen molar-refractivity contribution in [2.24, 2.45) is 16.9 Å². The monoisotopic (exact) mass is 329 g/mol. The second kappa shape index (κ2) is 6.50. The summed E-state index contributed by atoms with van der Waals surface area (Å²) in [5.41, 5.74) is 10.5. The van der Waals surface area contributed by atoms with Crippen molar-refractivity contribution in [3.05, 3.63) is 29.8 Å². The summed E-state index contributed by atoms with van der Waals surface area (Å²) in [6.07, 6.45) is 0.414. The Hall–Kier alpha value is -1.51. The molecule has 21 heavy (non-hydrogen) atoms. The van der Waals surface area contributed by atoms with Crippen LogP contribution < -0.4 is 16.2 Å². The largest absolute Gasteiger partial charge is 0.393 e. The summed E-state index contributed by atoms with van der Waals surface area (Å²) in [5, 5.41) is 0. The predicted molar refractivity (Wildman–Crippen MR) is 85.1 cm³/mol. The zero-order valence-corrected chi connectivity index (χ0v) is 13.6. The van der Waals surface area contributed by atoms with Crippen molar-refractivity contribution in [1.82, 2.24) is 4.72 Å². The number of hydrogen-bond acceptors (Lipinski definition) is 4. The van der Waals surface area contributed by atoms with Crippen LogP contribution in [0.1, 0.15) is 19.4 Å². The first-order chi connectivity index (χ1) is 9.54. The van der Waals surface area contributed by atoms with Gasteiger partial charge in [0, 0.05) is 13.0 Å². The molecule has 0 aliphatic heterocycles. The lowest BCUT2D eigenvalue weighted by Crippen LogP contribution is -2.42. The fourth-order valence-electron chi connectivity index (χ4n) is 1.43. The van der Waals surface area contributed by atoms with Gasteiger partial charge in [0.05, 0.1) is 15.3 Å². The van der Waals surface area contributed by atoms with Gasteiger partial charge in [-0.2, -0.15) is 0 Å². The predicted octanol–water partition coefficient (Wildman–Crippen LogP) is 0.305. The fourth-order valence-corrected chi connectivity index (χ4v) is 2.81. The van der Waals surface area contributed by atoms with Gasteiger partial charge in [0.25, 0.3) is 0 Å². The Kier molecular flexibility index (Phi) is 5.43. The standard InChI is InChI=1S/C13H19N3O3S2/c1-13(2,12(15)17)8-16-21(18,19)10-5-3-9(4-6-10)7-11(14)20/h3-6,16H,7-8H2,1-2H3,(H2,14,20)(H2,15,17). The average Bonchev–Trinajstić information content (AvgIpc) is 2.36. The molecule has 116 valence electrons. The van der Waals surface area contributed by atoms with Crippen molar-refractivity contribution in [2.45, 2.75) is 25.2 Å². The normalized spacial score (nSPS) is 12.1. The number of benzene rings is 1. The molecule has 0 spiro atoms. The summed E-state index contributed by atoms with van der Waals surface area (Å²) in [6, 6.07) is 6.22. The van der Waals surface area contributed by atoms with Crippen LogP contribution in [0.3, 0.4) is 0 Å². The van der Waals surface area contributed by atoms with Gasteiger partial charge in [0.15, 0.2) is 0 Å². The number of amides is 1. The third kappa shape index (κ3) is 5.07.